The SMILES string of the molecule is Cc1nc(Nc2ncc(C)s2)cc([C@H]2CCCCN2Cc2cnc[nH]2)n1. The van der Waals surface area contributed by atoms with Crippen molar-refractivity contribution in [1.29, 1.82) is 0 Å². The van der Waals surface area contributed by atoms with Crippen LogP contribution < -0.4 is 5.32 Å². The summed E-state index contributed by atoms with van der Waals surface area (Å²) in [7, 11) is 0. The van der Waals surface area contributed by atoms with Crippen molar-refractivity contribution in [2.45, 2.75) is 45.7 Å². The van der Waals surface area contributed by atoms with Gasteiger partial charge in [-0.05, 0) is 33.2 Å². The van der Waals surface area contributed by atoms with Crippen LogP contribution in [0.1, 0.15) is 47.4 Å². The van der Waals surface area contributed by atoms with Gasteiger partial charge in [0, 0.05) is 35.6 Å². The lowest BCUT2D eigenvalue weighted by atomic mass is 9.98. The van der Waals surface area contributed by atoms with E-state index < -0.39 is 0 Å². The fraction of sp³-hybridized carbons (Fsp3) is 0.444. The van der Waals surface area contributed by atoms with Gasteiger partial charge in [-0.25, -0.2) is 19.9 Å². The lowest BCUT2D eigenvalue weighted by molar-refractivity contribution is 0.135. The maximum atomic E-state index is 4.75. The van der Waals surface area contributed by atoms with Crippen molar-refractivity contribution in [1.82, 2.24) is 29.8 Å². The van der Waals surface area contributed by atoms with Crippen LogP contribution in [0.4, 0.5) is 10.9 Å². The van der Waals surface area contributed by atoms with Crippen LogP contribution in [-0.2, 0) is 6.54 Å². The molecule has 0 saturated carbocycles. The predicted molar refractivity (Wildman–Crippen MR) is 102 cm³/mol. The van der Waals surface area contributed by atoms with Gasteiger partial charge in [-0.3, -0.25) is 4.90 Å². The van der Waals surface area contributed by atoms with Crippen molar-refractivity contribution in [3.05, 3.63) is 46.9 Å². The van der Waals surface area contributed by atoms with Gasteiger partial charge >= 0.3 is 0 Å². The number of H-pyrrole nitrogens is 1. The Kier molecular flexibility index (Phi) is 4.94. The number of aromatic nitrogens is 5. The minimum absolute atomic E-state index is 0.298. The number of hydrogen-bond donors (Lipinski definition) is 2. The van der Waals surface area contributed by atoms with Crippen molar-refractivity contribution < 1.29 is 0 Å². The number of piperidine rings is 1. The summed E-state index contributed by atoms with van der Waals surface area (Å²) in [6.45, 7) is 5.93. The van der Waals surface area contributed by atoms with E-state index in [1.807, 2.05) is 19.3 Å². The summed E-state index contributed by atoms with van der Waals surface area (Å²) in [5, 5.41) is 4.19. The molecule has 7 nitrogen and oxygen atoms in total. The van der Waals surface area contributed by atoms with Crippen LogP contribution in [0, 0.1) is 13.8 Å². The van der Waals surface area contributed by atoms with Crippen LogP contribution in [0.2, 0.25) is 0 Å². The number of aryl methyl sites for hydroxylation is 2. The summed E-state index contributed by atoms with van der Waals surface area (Å²) in [6, 6.07) is 2.37. The Hall–Kier alpha value is -2.32. The molecule has 0 aliphatic carbocycles. The van der Waals surface area contributed by atoms with Crippen LogP contribution in [0.25, 0.3) is 0 Å². The van der Waals surface area contributed by atoms with Crippen LogP contribution in [0.3, 0.4) is 0 Å². The van der Waals surface area contributed by atoms with Crippen molar-refractivity contribution in [2.75, 3.05) is 11.9 Å². The number of nitrogens with zero attached hydrogens (tertiary/aromatic N) is 5. The normalized spacial score (nSPS) is 18.2. The fourth-order valence-corrected chi connectivity index (χ4v) is 4.12. The number of anilines is 2. The lowest BCUT2D eigenvalue weighted by Gasteiger charge is -2.35. The molecule has 26 heavy (non-hydrogen) atoms. The third kappa shape index (κ3) is 3.91. The summed E-state index contributed by atoms with van der Waals surface area (Å²) < 4.78 is 0. The topological polar surface area (TPSA) is 82.6 Å². The first-order valence-corrected chi connectivity index (χ1v) is 9.75. The Balaban J connectivity index is 1.58. The largest absolute Gasteiger partial charge is 0.347 e. The lowest BCUT2D eigenvalue weighted by Crippen LogP contribution is -2.33. The smallest absolute Gasteiger partial charge is 0.188 e. The number of thiazole rings is 1. The second kappa shape index (κ2) is 7.51. The van der Waals surface area contributed by atoms with Gasteiger partial charge in [0.1, 0.15) is 11.6 Å². The molecule has 0 aromatic carbocycles. The van der Waals surface area contributed by atoms with Crippen molar-refractivity contribution in [2.24, 2.45) is 0 Å². The highest BCUT2D eigenvalue weighted by Gasteiger charge is 2.26. The molecule has 3 aromatic heterocycles. The van der Waals surface area contributed by atoms with Gasteiger partial charge in [-0.1, -0.05) is 6.42 Å². The van der Waals surface area contributed by atoms with Gasteiger partial charge < -0.3 is 10.3 Å². The number of likely N-dealkylation sites (tertiary alicyclic amines) is 1. The molecule has 3 aromatic rings. The molecule has 1 aliphatic rings. The van der Waals surface area contributed by atoms with Gasteiger partial charge in [0.25, 0.3) is 0 Å². The van der Waals surface area contributed by atoms with Gasteiger partial charge in [0.15, 0.2) is 5.13 Å². The van der Waals surface area contributed by atoms with Gasteiger partial charge in [-0.2, -0.15) is 0 Å². The average Bonchev–Trinajstić information content (AvgIpc) is 3.27. The zero-order valence-electron chi connectivity index (χ0n) is 15.1. The van der Waals surface area contributed by atoms with Crippen molar-refractivity contribution in [3.8, 4) is 0 Å². The first-order valence-electron chi connectivity index (χ1n) is 8.94. The number of rotatable bonds is 5. The third-order valence-electron chi connectivity index (χ3n) is 4.60. The van der Waals surface area contributed by atoms with Gasteiger partial charge in [0.05, 0.1) is 18.1 Å². The molecule has 1 atom stereocenters. The quantitative estimate of drug-likeness (QED) is 0.713. The standard InChI is InChI=1S/C18H23N7S/c1-12-8-20-18(26-12)24-17-7-15(22-13(2)23-17)16-5-3-4-6-25(16)10-14-9-19-11-21-14/h7-9,11,16H,3-6,10H2,1-2H3,(H,19,21)(H,20,22,23,24)/t16-/m1/s1. The van der Waals surface area contributed by atoms with Crippen LogP contribution in [0.5, 0.6) is 0 Å². The van der Waals surface area contributed by atoms with E-state index in [4.69, 9.17) is 4.98 Å². The van der Waals surface area contributed by atoms with Crippen LogP contribution >= 0.6 is 11.3 Å². The predicted octanol–water partition coefficient (Wildman–Crippen LogP) is 3.74. The van der Waals surface area contributed by atoms with Crippen LogP contribution in [-0.4, -0.2) is 36.4 Å². The molecular formula is C18H23N7S. The average molecular weight is 369 g/mol. The molecular weight excluding hydrogens is 346 g/mol. The van der Waals surface area contributed by atoms with E-state index in [-0.39, 0.29) is 0 Å². The summed E-state index contributed by atoms with van der Waals surface area (Å²) in [6.07, 6.45) is 9.06. The molecule has 0 spiro atoms. The minimum atomic E-state index is 0.298. The highest BCUT2D eigenvalue weighted by molar-refractivity contribution is 7.15. The molecule has 8 heteroatoms. The number of hydrogen-bond acceptors (Lipinski definition) is 7. The molecule has 1 saturated heterocycles. The van der Waals surface area contributed by atoms with E-state index in [2.05, 4.69) is 43.1 Å². The summed E-state index contributed by atoms with van der Waals surface area (Å²) in [5.41, 5.74) is 2.21. The zero-order valence-corrected chi connectivity index (χ0v) is 15.9. The highest BCUT2D eigenvalue weighted by Crippen LogP contribution is 2.32. The maximum absolute atomic E-state index is 4.75. The second-order valence-electron chi connectivity index (χ2n) is 6.69. The monoisotopic (exact) mass is 369 g/mol. The first kappa shape index (κ1) is 17.1. The Bertz CT molecular complexity index is 858. The molecule has 136 valence electrons. The Morgan fingerprint density at radius 1 is 1.27 bits per heavy atom. The van der Waals surface area contributed by atoms with E-state index >= 15 is 0 Å². The molecule has 0 unspecified atom stereocenters. The molecule has 1 aliphatic heterocycles. The number of aromatic amines is 1. The Morgan fingerprint density at radius 3 is 2.96 bits per heavy atom. The molecule has 0 amide bonds. The summed E-state index contributed by atoms with van der Waals surface area (Å²) in [4.78, 5) is 24.7. The maximum Gasteiger partial charge on any atom is 0.188 e. The van der Waals surface area contributed by atoms with Crippen molar-refractivity contribution in [3.63, 3.8) is 0 Å². The number of nitrogens with one attached hydrogen (secondary N) is 2. The van der Waals surface area contributed by atoms with Gasteiger partial charge in [-0.15, -0.1) is 11.3 Å². The van der Waals surface area contributed by atoms with Crippen LogP contribution in [0.15, 0.2) is 24.8 Å². The van der Waals surface area contributed by atoms with E-state index in [0.717, 1.165) is 47.7 Å². The van der Waals surface area contributed by atoms with Gasteiger partial charge in [0.2, 0.25) is 0 Å². The zero-order chi connectivity index (χ0) is 17.9. The van der Waals surface area contributed by atoms with E-state index in [1.165, 1.54) is 17.7 Å². The first-order chi connectivity index (χ1) is 12.7. The van der Waals surface area contributed by atoms with E-state index in [1.54, 1.807) is 17.7 Å². The molecule has 1 fully saturated rings. The van der Waals surface area contributed by atoms with E-state index in [0.29, 0.717) is 6.04 Å². The van der Waals surface area contributed by atoms with E-state index in [9.17, 15) is 0 Å². The highest BCUT2D eigenvalue weighted by atomic mass is 32.1. The molecule has 4 rings (SSSR count). The Labute approximate surface area is 156 Å². The Morgan fingerprint density at radius 2 is 2.19 bits per heavy atom. The molecule has 2 N–H and O–H groups in total. The second-order valence-corrected chi connectivity index (χ2v) is 7.92. The molecule has 0 bridgehead atoms. The van der Waals surface area contributed by atoms with Crippen molar-refractivity contribution >= 4 is 22.3 Å². The number of imidazole rings is 1. The third-order valence-corrected chi connectivity index (χ3v) is 5.43. The summed E-state index contributed by atoms with van der Waals surface area (Å²) >= 11 is 1.63. The summed E-state index contributed by atoms with van der Waals surface area (Å²) in [5.74, 6) is 1.60. The minimum Gasteiger partial charge on any atom is -0.347 e. The fourth-order valence-electron chi connectivity index (χ4n) is 3.45. The molecule has 0 radical (unpaired) electrons. The molecule has 4 heterocycles.